The van der Waals surface area contributed by atoms with E-state index in [2.05, 4.69) is 17.1 Å². The summed E-state index contributed by atoms with van der Waals surface area (Å²) in [6.07, 6.45) is 3.72. The van der Waals surface area contributed by atoms with Crippen LogP contribution in [-0.2, 0) is 14.1 Å². The van der Waals surface area contributed by atoms with E-state index in [1.54, 1.807) is 6.07 Å². The lowest BCUT2D eigenvalue weighted by atomic mass is 10.0. The molecule has 0 spiro atoms. The molecule has 3 aromatic heterocycles. The highest BCUT2D eigenvalue weighted by atomic mass is 35.5. The number of hydrogen-bond acceptors (Lipinski definition) is 3. The van der Waals surface area contributed by atoms with Gasteiger partial charge in [0.25, 0.3) is 0 Å². The average molecular weight is 415 g/mol. The van der Waals surface area contributed by atoms with Crippen LogP contribution in [0.4, 0.5) is 0 Å². The molecule has 1 aromatic carbocycles. The summed E-state index contributed by atoms with van der Waals surface area (Å²) in [4.78, 5) is 0. The second-order valence-corrected chi connectivity index (χ2v) is 7.68. The molecule has 3 heterocycles. The van der Waals surface area contributed by atoms with Crippen LogP contribution in [0, 0.1) is 20.8 Å². The Morgan fingerprint density at radius 1 is 0.821 bits per heavy atom. The third-order valence-electron chi connectivity index (χ3n) is 5.25. The Bertz CT molecular complexity index is 1200. The van der Waals surface area contributed by atoms with Gasteiger partial charge in [0, 0.05) is 42.2 Å². The van der Waals surface area contributed by atoms with E-state index in [9.17, 15) is 0 Å². The van der Waals surface area contributed by atoms with Gasteiger partial charge in [-0.1, -0.05) is 23.2 Å². The van der Waals surface area contributed by atoms with Crippen LogP contribution in [0.1, 0.15) is 17.0 Å². The molecule has 0 saturated heterocycles. The van der Waals surface area contributed by atoms with Crippen molar-refractivity contribution in [1.29, 1.82) is 0 Å². The van der Waals surface area contributed by atoms with Crippen LogP contribution in [0.2, 0.25) is 10.0 Å². The molecular weight excluding hydrogens is 395 g/mol. The van der Waals surface area contributed by atoms with Crippen molar-refractivity contribution in [3.8, 4) is 28.2 Å². The summed E-state index contributed by atoms with van der Waals surface area (Å²) in [6.45, 7) is 6.16. The summed E-state index contributed by atoms with van der Waals surface area (Å²) in [5, 5.41) is 14.7. The number of halogens is 2. The first-order chi connectivity index (χ1) is 13.3. The van der Waals surface area contributed by atoms with E-state index < -0.39 is 0 Å². The Hall–Kier alpha value is -2.57. The molecule has 4 aromatic rings. The van der Waals surface area contributed by atoms with Gasteiger partial charge in [0.05, 0.1) is 39.5 Å². The number of aryl methyl sites for hydroxylation is 2. The van der Waals surface area contributed by atoms with Gasteiger partial charge in [-0.05, 0) is 39.0 Å². The maximum absolute atomic E-state index is 6.29. The van der Waals surface area contributed by atoms with Crippen LogP contribution in [0.5, 0.6) is 0 Å². The molecule has 6 nitrogen and oxygen atoms in total. The van der Waals surface area contributed by atoms with Crippen LogP contribution in [0.15, 0.2) is 30.6 Å². The fraction of sp³-hybridized carbons (Fsp3) is 0.250. The number of rotatable bonds is 3. The van der Waals surface area contributed by atoms with Crippen molar-refractivity contribution in [2.24, 2.45) is 14.1 Å². The van der Waals surface area contributed by atoms with E-state index in [4.69, 9.17) is 28.3 Å². The zero-order valence-electron chi connectivity index (χ0n) is 16.3. The highest BCUT2D eigenvalue weighted by Crippen LogP contribution is 2.36. The molecule has 0 fully saturated rings. The van der Waals surface area contributed by atoms with Crippen molar-refractivity contribution in [2.45, 2.75) is 20.8 Å². The Kier molecular flexibility index (Phi) is 4.56. The van der Waals surface area contributed by atoms with Gasteiger partial charge in [0.1, 0.15) is 0 Å². The topological polar surface area (TPSA) is 53.5 Å². The minimum absolute atomic E-state index is 0.486. The summed E-state index contributed by atoms with van der Waals surface area (Å²) >= 11 is 12.4. The molecule has 0 N–H and O–H groups in total. The molecule has 8 heteroatoms. The molecule has 144 valence electrons. The fourth-order valence-corrected chi connectivity index (χ4v) is 3.63. The number of aromatic nitrogens is 6. The molecule has 0 saturated carbocycles. The van der Waals surface area contributed by atoms with Gasteiger partial charge in [-0.15, -0.1) is 0 Å². The number of nitrogens with zero attached hydrogens (tertiary/aromatic N) is 6. The monoisotopic (exact) mass is 414 g/mol. The molecule has 4 rings (SSSR count). The van der Waals surface area contributed by atoms with Crippen molar-refractivity contribution in [2.75, 3.05) is 0 Å². The highest BCUT2D eigenvalue weighted by molar-refractivity contribution is 6.42. The first-order valence-electron chi connectivity index (χ1n) is 8.82. The van der Waals surface area contributed by atoms with Crippen LogP contribution >= 0.6 is 23.2 Å². The van der Waals surface area contributed by atoms with Gasteiger partial charge in [-0.3, -0.25) is 9.36 Å². The smallest absolute Gasteiger partial charge is 0.0997 e. The Balaban J connectivity index is 2.03. The minimum Gasteiger partial charge on any atom is -0.272 e. The normalized spacial score (nSPS) is 11.4. The average Bonchev–Trinajstić information content (AvgIpc) is 3.28. The number of hydrogen-bond donors (Lipinski definition) is 0. The molecule has 28 heavy (non-hydrogen) atoms. The zero-order valence-corrected chi connectivity index (χ0v) is 17.8. The van der Waals surface area contributed by atoms with E-state index in [0.29, 0.717) is 10.0 Å². The first kappa shape index (κ1) is 18.8. The molecule has 0 bridgehead atoms. The Morgan fingerprint density at radius 3 is 1.96 bits per heavy atom. The SMILES string of the molecule is Cc1c(-c2cnn(C)c2C)nn(-c2ccc(Cl)c(Cl)c2)c1-c1cnn(C)c1C. The maximum atomic E-state index is 6.29. The fourth-order valence-electron chi connectivity index (χ4n) is 3.33. The third-order valence-corrected chi connectivity index (χ3v) is 5.99. The molecule has 0 aliphatic heterocycles. The molecule has 0 radical (unpaired) electrons. The third kappa shape index (κ3) is 2.84. The number of benzene rings is 1. The van der Waals surface area contributed by atoms with Gasteiger partial charge >= 0.3 is 0 Å². The van der Waals surface area contributed by atoms with Crippen molar-refractivity contribution in [3.05, 3.63) is 57.6 Å². The first-order valence-corrected chi connectivity index (χ1v) is 9.58. The summed E-state index contributed by atoms with van der Waals surface area (Å²) in [5.41, 5.74) is 7.88. The van der Waals surface area contributed by atoms with Crippen molar-refractivity contribution >= 4 is 23.2 Å². The second kappa shape index (κ2) is 6.79. The summed E-state index contributed by atoms with van der Waals surface area (Å²) < 4.78 is 5.61. The van der Waals surface area contributed by atoms with E-state index in [0.717, 1.165) is 45.2 Å². The highest BCUT2D eigenvalue weighted by Gasteiger charge is 2.23. The van der Waals surface area contributed by atoms with Gasteiger partial charge in [0.15, 0.2) is 0 Å². The van der Waals surface area contributed by atoms with E-state index in [-0.39, 0.29) is 0 Å². The molecule has 0 aliphatic rings. The summed E-state index contributed by atoms with van der Waals surface area (Å²) in [6, 6.07) is 5.52. The second-order valence-electron chi connectivity index (χ2n) is 6.87. The minimum atomic E-state index is 0.486. The maximum Gasteiger partial charge on any atom is 0.0997 e. The van der Waals surface area contributed by atoms with Crippen molar-refractivity contribution < 1.29 is 0 Å². The lowest BCUT2D eigenvalue weighted by Crippen LogP contribution is -2.01. The zero-order chi connectivity index (χ0) is 20.2. The summed E-state index contributed by atoms with van der Waals surface area (Å²) in [7, 11) is 3.86. The van der Waals surface area contributed by atoms with E-state index in [1.807, 2.05) is 66.5 Å². The van der Waals surface area contributed by atoms with Crippen LogP contribution in [0.3, 0.4) is 0 Å². The molecule has 0 amide bonds. The molecule has 0 atom stereocenters. The molecular formula is C20H20Cl2N6. The Labute approximate surface area is 173 Å². The Morgan fingerprint density at radius 2 is 1.43 bits per heavy atom. The lowest BCUT2D eigenvalue weighted by molar-refractivity contribution is 0.740. The van der Waals surface area contributed by atoms with Crippen molar-refractivity contribution in [1.82, 2.24) is 29.3 Å². The van der Waals surface area contributed by atoms with Crippen molar-refractivity contribution in [3.63, 3.8) is 0 Å². The van der Waals surface area contributed by atoms with Crippen LogP contribution < -0.4 is 0 Å². The van der Waals surface area contributed by atoms with Gasteiger partial charge in [-0.2, -0.15) is 15.3 Å². The quantitative estimate of drug-likeness (QED) is 0.478. The lowest BCUT2D eigenvalue weighted by Gasteiger charge is -2.09. The molecule has 0 unspecified atom stereocenters. The van der Waals surface area contributed by atoms with Gasteiger partial charge in [0.2, 0.25) is 0 Å². The largest absolute Gasteiger partial charge is 0.272 e. The molecule has 0 aliphatic carbocycles. The summed E-state index contributed by atoms with van der Waals surface area (Å²) in [5.74, 6) is 0. The van der Waals surface area contributed by atoms with Crippen LogP contribution in [-0.4, -0.2) is 29.3 Å². The van der Waals surface area contributed by atoms with E-state index in [1.165, 1.54) is 0 Å². The predicted octanol–water partition coefficient (Wildman–Crippen LogP) is 4.91. The van der Waals surface area contributed by atoms with Gasteiger partial charge < -0.3 is 0 Å². The predicted molar refractivity (Wildman–Crippen MR) is 112 cm³/mol. The van der Waals surface area contributed by atoms with E-state index >= 15 is 0 Å². The van der Waals surface area contributed by atoms with Gasteiger partial charge in [-0.25, -0.2) is 4.68 Å². The van der Waals surface area contributed by atoms with Crippen LogP contribution in [0.25, 0.3) is 28.2 Å². The standard InChI is InChI=1S/C20H20Cl2N6/c1-11-19(15-9-23-26(4)12(15)2)25-28(14-6-7-17(21)18(22)8-14)20(11)16-10-24-27(5)13(16)3/h6-10H,1-5H3.